The van der Waals surface area contributed by atoms with Gasteiger partial charge in [0.2, 0.25) is 0 Å². The molecule has 0 amide bonds. The van der Waals surface area contributed by atoms with Gasteiger partial charge in [0.05, 0.1) is 6.33 Å². The summed E-state index contributed by atoms with van der Waals surface area (Å²) < 4.78 is 2.06. The highest BCUT2D eigenvalue weighted by atomic mass is 16.3. The lowest BCUT2D eigenvalue weighted by molar-refractivity contribution is 0.475. The predicted octanol–water partition coefficient (Wildman–Crippen LogP) is 2.98. The van der Waals surface area contributed by atoms with E-state index >= 15 is 0 Å². The van der Waals surface area contributed by atoms with E-state index in [2.05, 4.69) is 20.2 Å². The van der Waals surface area contributed by atoms with Crippen LogP contribution in [0.25, 0.3) is 0 Å². The zero-order valence-electron chi connectivity index (χ0n) is 13.9. The number of aromatic nitrogens is 2. The first-order valence-electron chi connectivity index (χ1n) is 8.62. The molecule has 6 nitrogen and oxygen atoms in total. The number of hydrogen-bond donors (Lipinski definition) is 3. The number of nitrogens with one attached hydrogen (secondary N) is 2. The van der Waals surface area contributed by atoms with Gasteiger partial charge in [0.25, 0.3) is 0 Å². The number of hydrogen-bond acceptors (Lipinski definition) is 3. The Morgan fingerprint density at radius 1 is 1.25 bits per heavy atom. The molecule has 0 aliphatic heterocycles. The molecular weight excluding hydrogens is 302 g/mol. The van der Waals surface area contributed by atoms with Gasteiger partial charge in [-0.15, -0.1) is 0 Å². The molecule has 1 heterocycles. The summed E-state index contributed by atoms with van der Waals surface area (Å²) in [6.45, 7) is 1.66. The lowest BCUT2D eigenvalue weighted by Gasteiger charge is -2.17. The summed E-state index contributed by atoms with van der Waals surface area (Å²) in [5, 5.41) is 16.3. The van der Waals surface area contributed by atoms with Crippen LogP contribution < -0.4 is 10.6 Å². The number of phenolic OH excluding ortho intramolecular Hbond substituents is 1. The van der Waals surface area contributed by atoms with Crippen molar-refractivity contribution in [2.45, 2.75) is 44.7 Å². The maximum absolute atomic E-state index is 9.40. The molecule has 0 bridgehead atoms. The van der Waals surface area contributed by atoms with Crippen LogP contribution in [0.15, 0.2) is 48.0 Å². The molecule has 1 aliphatic rings. The van der Waals surface area contributed by atoms with Gasteiger partial charge in [-0.25, -0.2) is 4.98 Å². The van der Waals surface area contributed by atoms with Crippen LogP contribution in [0.1, 0.15) is 32.1 Å². The topological polar surface area (TPSA) is 74.5 Å². The van der Waals surface area contributed by atoms with E-state index in [1.54, 1.807) is 18.3 Å². The van der Waals surface area contributed by atoms with Gasteiger partial charge in [-0.1, -0.05) is 12.8 Å². The zero-order chi connectivity index (χ0) is 16.6. The van der Waals surface area contributed by atoms with E-state index < -0.39 is 0 Å². The minimum Gasteiger partial charge on any atom is -0.508 e. The number of aromatic hydroxyl groups is 1. The molecule has 0 unspecified atom stereocenters. The molecule has 0 radical (unpaired) electrons. The number of guanidine groups is 1. The molecular formula is C18H25N5O. The van der Waals surface area contributed by atoms with E-state index in [4.69, 9.17) is 4.99 Å². The lowest BCUT2D eigenvalue weighted by Crippen LogP contribution is -2.37. The molecule has 1 aliphatic carbocycles. The van der Waals surface area contributed by atoms with Crippen LogP contribution in [0.3, 0.4) is 0 Å². The van der Waals surface area contributed by atoms with Crippen molar-refractivity contribution in [2.75, 3.05) is 11.9 Å². The van der Waals surface area contributed by atoms with Crippen molar-refractivity contribution in [3.05, 3.63) is 43.0 Å². The molecule has 6 heteroatoms. The fraction of sp³-hybridized carbons (Fsp3) is 0.444. The summed E-state index contributed by atoms with van der Waals surface area (Å²) in [4.78, 5) is 8.75. The van der Waals surface area contributed by atoms with Gasteiger partial charge in [0, 0.05) is 37.2 Å². The molecule has 128 valence electrons. The van der Waals surface area contributed by atoms with Crippen LogP contribution in [0, 0.1) is 0 Å². The molecule has 24 heavy (non-hydrogen) atoms. The van der Waals surface area contributed by atoms with Crippen LogP contribution in [0.2, 0.25) is 0 Å². The van der Waals surface area contributed by atoms with Crippen molar-refractivity contribution in [3.8, 4) is 5.75 Å². The molecule has 0 atom stereocenters. The number of aliphatic imine (C=N–C) groups is 1. The second kappa shape index (κ2) is 8.38. The Balaban J connectivity index is 1.57. The van der Waals surface area contributed by atoms with Gasteiger partial charge in [-0.2, -0.15) is 0 Å². The summed E-state index contributed by atoms with van der Waals surface area (Å²) >= 11 is 0. The summed E-state index contributed by atoms with van der Waals surface area (Å²) in [5.41, 5.74) is 0.923. The van der Waals surface area contributed by atoms with Crippen molar-refractivity contribution in [3.63, 3.8) is 0 Å². The van der Waals surface area contributed by atoms with Crippen LogP contribution in [-0.2, 0) is 6.54 Å². The van der Waals surface area contributed by atoms with Crippen LogP contribution in [0.5, 0.6) is 5.75 Å². The molecule has 3 rings (SSSR count). The summed E-state index contributed by atoms with van der Waals surface area (Å²) in [7, 11) is 0. The molecule has 0 spiro atoms. The van der Waals surface area contributed by atoms with Gasteiger partial charge in [0.15, 0.2) is 5.96 Å². The number of anilines is 1. The first-order valence-corrected chi connectivity index (χ1v) is 8.62. The first kappa shape index (κ1) is 16.4. The van der Waals surface area contributed by atoms with Gasteiger partial charge >= 0.3 is 0 Å². The molecule has 1 fully saturated rings. The Kier molecular flexibility index (Phi) is 5.71. The molecule has 1 aromatic carbocycles. The van der Waals surface area contributed by atoms with Crippen molar-refractivity contribution in [1.29, 1.82) is 0 Å². The molecule has 1 aromatic heterocycles. The Hall–Kier alpha value is -2.50. The third kappa shape index (κ3) is 5.01. The number of aryl methyl sites for hydroxylation is 1. The van der Waals surface area contributed by atoms with Crippen molar-refractivity contribution < 1.29 is 5.11 Å². The van der Waals surface area contributed by atoms with E-state index in [9.17, 15) is 5.11 Å². The Labute approximate surface area is 142 Å². The monoisotopic (exact) mass is 327 g/mol. The van der Waals surface area contributed by atoms with Crippen LogP contribution in [0.4, 0.5) is 5.69 Å². The maximum atomic E-state index is 9.40. The highest BCUT2D eigenvalue weighted by Gasteiger charge is 2.16. The third-order valence-corrected chi connectivity index (χ3v) is 4.23. The number of nitrogens with zero attached hydrogens (tertiary/aromatic N) is 3. The first-order chi connectivity index (χ1) is 11.8. The van der Waals surface area contributed by atoms with Gasteiger partial charge in [-0.3, -0.25) is 4.99 Å². The summed E-state index contributed by atoms with van der Waals surface area (Å²) in [5.74, 6) is 1.08. The highest BCUT2D eigenvalue weighted by molar-refractivity contribution is 5.93. The molecule has 0 saturated heterocycles. The molecule has 1 saturated carbocycles. The zero-order valence-corrected chi connectivity index (χ0v) is 13.9. The smallest absolute Gasteiger partial charge is 0.196 e. The number of benzene rings is 1. The van der Waals surface area contributed by atoms with E-state index in [1.165, 1.54) is 25.7 Å². The number of rotatable bonds is 6. The number of phenols is 1. The fourth-order valence-electron chi connectivity index (χ4n) is 2.93. The second-order valence-corrected chi connectivity index (χ2v) is 6.18. The lowest BCUT2D eigenvalue weighted by atomic mass is 10.2. The Bertz CT molecular complexity index is 630. The quantitative estimate of drug-likeness (QED) is 0.330. The van der Waals surface area contributed by atoms with Crippen molar-refractivity contribution in [1.82, 2.24) is 14.9 Å². The average Bonchev–Trinajstić information content (AvgIpc) is 3.27. The van der Waals surface area contributed by atoms with E-state index in [-0.39, 0.29) is 5.75 Å². The van der Waals surface area contributed by atoms with E-state index in [1.807, 2.05) is 24.7 Å². The fourth-order valence-corrected chi connectivity index (χ4v) is 2.93. The minimum atomic E-state index is 0.267. The van der Waals surface area contributed by atoms with Gasteiger partial charge in [-0.05, 0) is 43.5 Å². The third-order valence-electron chi connectivity index (χ3n) is 4.23. The van der Waals surface area contributed by atoms with Gasteiger partial charge < -0.3 is 20.3 Å². The summed E-state index contributed by atoms with van der Waals surface area (Å²) in [6.07, 6.45) is 11.5. The van der Waals surface area contributed by atoms with Crippen LogP contribution in [-0.4, -0.2) is 33.2 Å². The van der Waals surface area contributed by atoms with Gasteiger partial charge in [0.1, 0.15) is 5.75 Å². The largest absolute Gasteiger partial charge is 0.508 e. The average molecular weight is 327 g/mol. The predicted molar refractivity (Wildman–Crippen MR) is 96.3 cm³/mol. The normalized spacial score (nSPS) is 15.6. The van der Waals surface area contributed by atoms with E-state index in [0.717, 1.165) is 31.2 Å². The second-order valence-electron chi connectivity index (χ2n) is 6.18. The summed E-state index contributed by atoms with van der Waals surface area (Å²) in [6, 6.07) is 7.56. The maximum Gasteiger partial charge on any atom is 0.196 e. The van der Waals surface area contributed by atoms with Crippen molar-refractivity contribution in [2.24, 2.45) is 4.99 Å². The minimum absolute atomic E-state index is 0.267. The van der Waals surface area contributed by atoms with Crippen LogP contribution >= 0.6 is 0 Å². The number of imidazole rings is 1. The molecule has 3 N–H and O–H groups in total. The Morgan fingerprint density at radius 3 is 2.75 bits per heavy atom. The van der Waals surface area contributed by atoms with Crippen molar-refractivity contribution >= 4 is 11.6 Å². The molecule has 2 aromatic rings. The Morgan fingerprint density at radius 2 is 2.04 bits per heavy atom. The standard InChI is InChI=1S/C18H25N5O/c24-17-8-6-16(7-9-17)22-18(21-15-4-1-2-5-15)20-10-3-12-23-13-11-19-14-23/h6-9,11,13-15,24H,1-5,10,12H2,(H2,20,21,22). The SMILES string of the molecule is Oc1ccc(NC(=NCCCn2ccnc2)NC2CCCC2)cc1. The highest BCUT2D eigenvalue weighted by Crippen LogP contribution is 2.18. The van der Waals surface area contributed by atoms with E-state index in [0.29, 0.717) is 6.04 Å².